The van der Waals surface area contributed by atoms with Crippen molar-refractivity contribution in [3.05, 3.63) is 60.2 Å². The largest absolute Gasteiger partial charge is 0.467 e. The third-order valence-electron chi connectivity index (χ3n) is 7.45. The van der Waals surface area contributed by atoms with Crippen molar-refractivity contribution in [2.75, 3.05) is 25.3 Å². The molecule has 0 aliphatic carbocycles. The molecule has 12 heteroatoms. The first-order chi connectivity index (χ1) is 21.7. The Bertz CT molecular complexity index is 1440. The molecule has 1 saturated heterocycles. The fourth-order valence-electron chi connectivity index (χ4n) is 5.05. The monoisotopic (exact) mass is 639 g/mol. The zero-order valence-corrected chi connectivity index (χ0v) is 27.8. The van der Waals surface area contributed by atoms with Gasteiger partial charge in [0.15, 0.2) is 18.4 Å². The molecule has 0 unspecified atom stereocenters. The first kappa shape index (κ1) is 34.9. The van der Waals surface area contributed by atoms with Gasteiger partial charge in [-0.3, -0.25) is 9.69 Å². The van der Waals surface area contributed by atoms with Crippen LogP contribution in [0.5, 0.6) is 5.75 Å². The molecule has 250 valence electrons. The number of anilines is 1. The van der Waals surface area contributed by atoms with Crippen LogP contribution in [0.3, 0.4) is 0 Å². The van der Waals surface area contributed by atoms with E-state index in [2.05, 4.69) is 4.98 Å². The van der Waals surface area contributed by atoms with E-state index in [4.69, 9.17) is 28.4 Å². The lowest BCUT2D eigenvalue weighted by Crippen LogP contribution is -2.38. The predicted molar refractivity (Wildman–Crippen MR) is 170 cm³/mol. The number of rotatable bonds is 7. The van der Waals surface area contributed by atoms with Crippen molar-refractivity contribution in [3.8, 4) is 5.75 Å². The Morgan fingerprint density at radius 1 is 1.15 bits per heavy atom. The van der Waals surface area contributed by atoms with E-state index >= 15 is 0 Å². The quantitative estimate of drug-likeness (QED) is 0.281. The van der Waals surface area contributed by atoms with Crippen molar-refractivity contribution >= 4 is 29.6 Å². The number of hydrogen-bond acceptors (Lipinski definition) is 10. The smallest absolute Gasteiger partial charge is 0.414 e. The van der Waals surface area contributed by atoms with E-state index in [1.807, 2.05) is 11.5 Å². The molecule has 0 spiro atoms. The van der Waals surface area contributed by atoms with E-state index in [1.165, 1.54) is 18.1 Å². The molecule has 0 N–H and O–H groups in total. The molecule has 0 bridgehead atoms. The van der Waals surface area contributed by atoms with E-state index in [-0.39, 0.29) is 36.4 Å². The highest BCUT2D eigenvalue weighted by Gasteiger charge is 2.43. The maximum Gasteiger partial charge on any atom is 0.414 e. The van der Waals surface area contributed by atoms with Crippen molar-refractivity contribution in [3.63, 3.8) is 0 Å². The summed E-state index contributed by atoms with van der Waals surface area (Å²) in [6.07, 6.45) is 9.60. The average Bonchev–Trinajstić information content (AvgIpc) is 3.60. The molecular weight excluding hydrogens is 594 g/mol. The summed E-state index contributed by atoms with van der Waals surface area (Å²) in [6.45, 7) is 13.0. The Morgan fingerprint density at radius 3 is 2.59 bits per heavy atom. The molecule has 4 rings (SSSR count). The van der Waals surface area contributed by atoms with Crippen LogP contribution in [0.15, 0.2) is 49.1 Å². The molecule has 12 nitrogen and oxygen atoms in total. The van der Waals surface area contributed by atoms with Crippen molar-refractivity contribution < 1.29 is 42.8 Å². The van der Waals surface area contributed by atoms with E-state index in [0.717, 1.165) is 0 Å². The lowest BCUT2D eigenvalue weighted by Gasteiger charge is -2.29. The molecule has 1 fully saturated rings. The summed E-state index contributed by atoms with van der Waals surface area (Å²) in [5.41, 5.74) is 0.256. The first-order valence-corrected chi connectivity index (χ1v) is 15.4. The van der Waals surface area contributed by atoms with Crippen molar-refractivity contribution in [2.45, 2.75) is 91.1 Å². The zero-order valence-electron chi connectivity index (χ0n) is 27.8. The number of carbonyl (C=O) groups is 3. The van der Waals surface area contributed by atoms with Gasteiger partial charge in [0.25, 0.3) is 0 Å². The Labute approximate surface area is 270 Å². The molecule has 1 amide bonds. The second kappa shape index (κ2) is 14.6. The summed E-state index contributed by atoms with van der Waals surface area (Å²) in [4.78, 5) is 46.1. The van der Waals surface area contributed by atoms with Gasteiger partial charge in [-0.2, -0.15) is 0 Å². The van der Waals surface area contributed by atoms with Crippen LogP contribution in [0.2, 0.25) is 0 Å². The minimum atomic E-state index is -0.950. The lowest BCUT2D eigenvalue weighted by atomic mass is 9.99. The molecule has 2 aliphatic rings. The van der Waals surface area contributed by atoms with Crippen LogP contribution in [0.4, 0.5) is 10.5 Å². The van der Waals surface area contributed by atoms with Gasteiger partial charge in [-0.05, 0) is 65.7 Å². The Morgan fingerprint density at radius 2 is 1.91 bits per heavy atom. The standard InChI is InChI=1S/C34H45N3O9/c1-22-12-13-26(38)30-27(44-34(6,7)45-30)11-9-10-24-18-25(19-28(42-21-41-8)29(24)31(39)43-23(22)2)37(32(40)46-33(3,4)5)17-16-36-15-14-35-20-36/h9-10,12-15,18-20,22-23,27,30H,11,16-17,21H2,1-8H3/b10-9?,13-12-/t22-,23+,27+,30-/m1/s1. The predicted octanol–water partition coefficient (Wildman–Crippen LogP) is 5.55. The number of carbonyl (C=O) groups excluding carboxylic acids is 3. The van der Waals surface area contributed by atoms with Crippen LogP contribution >= 0.6 is 0 Å². The third kappa shape index (κ3) is 9.05. The minimum Gasteiger partial charge on any atom is -0.467 e. The maximum atomic E-state index is 13.8. The fraction of sp³-hybridized carbons (Fsp3) is 0.529. The van der Waals surface area contributed by atoms with Crippen LogP contribution < -0.4 is 9.64 Å². The number of fused-ring (bicyclic) bond motifs is 2. The normalized spacial score (nSPS) is 23.9. The first-order valence-electron chi connectivity index (χ1n) is 15.4. The van der Waals surface area contributed by atoms with E-state index in [9.17, 15) is 14.4 Å². The van der Waals surface area contributed by atoms with Gasteiger partial charge < -0.3 is 33.0 Å². The number of ketones is 1. The van der Waals surface area contributed by atoms with Crippen LogP contribution in [0, 0.1) is 5.92 Å². The molecule has 0 radical (unpaired) electrons. The number of aromatic nitrogens is 2. The van der Waals surface area contributed by atoms with Gasteiger partial charge in [0.2, 0.25) is 0 Å². The van der Waals surface area contributed by atoms with Gasteiger partial charge in [-0.25, -0.2) is 14.6 Å². The van der Waals surface area contributed by atoms with Gasteiger partial charge in [0.05, 0.1) is 18.1 Å². The third-order valence-corrected chi connectivity index (χ3v) is 7.45. The van der Waals surface area contributed by atoms with E-state index in [0.29, 0.717) is 24.2 Å². The number of nitrogens with zero attached hydrogens (tertiary/aromatic N) is 3. The van der Waals surface area contributed by atoms with Crippen LogP contribution in [-0.4, -0.2) is 77.5 Å². The Balaban J connectivity index is 1.83. The SMILES string of the molecule is COCOc1cc(N(CCn2ccnc2)C(=O)OC(C)(C)C)cc2c1C(=O)O[C@@H](C)[C@H](C)/C=C\C(=O)[C@H]1OC(C)(C)O[C@H]1CC=C2. The Hall–Kier alpha value is -4.00. The van der Waals surface area contributed by atoms with Crippen LogP contribution in [0.25, 0.3) is 6.08 Å². The molecule has 1 aromatic heterocycles. The lowest BCUT2D eigenvalue weighted by molar-refractivity contribution is -0.152. The second-order valence-electron chi connectivity index (χ2n) is 12.9. The molecule has 0 saturated carbocycles. The number of amides is 1. The van der Waals surface area contributed by atoms with E-state index in [1.54, 1.807) is 90.6 Å². The molecule has 4 atom stereocenters. The summed E-state index contributed by atoms with van der Waals surface area (Å²) < 4.78 is 36.7. The molecular formula is C34H45N3O9. The summed E-state index contributed by atoms with van der Waals surface area (Å²) in [6, 6.07) is 3.32. The molecule has 46 heavy (non-hydrogen) atoms. The molecule has 3 heterocycles. The highest BCUT2D eigenvalue weighted by Crippen LogP contribution is 2.35. The van der Waals surface area contributed by atoms with Crippen molar-refractivity contribution in [1.29, 1.82) is 0 Å². The number of imidazole rings is 1. The van der Waals surface area contributed by atoms with Crippen molar-refractivity contribution in [1.82, 2.24) is 9.55 Å². The molecule has 2 aliphatic heterocycles. The van der Waals surface area contributed by atoms with Gasteiger partial charge in [0, 0.05) is 44.6 Å². The number of benzene rings is 1. The van der Waals surface area contributed by atoms with Gasteiger partial charge >= 0.3 is 12.1 Å². The number of ether oxygens (including phenoxy) is 6. The van der Waals surface area contributed by atoms with Gasteiger partial charge in [0.1, 0.15) is 29.1 Å². The zero-order chi connectivity index (χ0) is 33.6. The van der Waals surface area contributed by atoms with Crippen LogP contribution in [0.1, 0.15) is 70.8 Å². The highest BCUT2D eigenvalue weighted by atomic mass is 16.8. The summed E-state index contributed by atoms with van der Waals surface area (Å²) in [7, 11) is 1.47. The molecule has 2 aromatic rings. The highest BCUT2D eigenvalue weighted by molar-refractivity contribution is 5.99. The number of esters is 1. The summed E-state index contributed by atoms with van der Waals surface area (Å²) >= 11 is 0. The Kier molecular flexibility index (Phi) is 11.1. The van der Waals surface area contributed by atoms with E-state index < -0.39 is 41.8 Å². The molecule has 1 aromatic carbocycles. The summed E-state index contributed by atoms with van der Waals surface area (Å²) in [5.74, 6) is -1.94. The average molecular weight is 640 g/mol. The van der Waals surface area contributed by atoms with Gasteiger partial charge in [-0.15, -0.1) is 0 Å². The fourth-order valence-corrected chi connectivity index (χ4v) is 5.05. The minimum absolute atomic E-state index is 0.158. The van der Waals surface area contributed by atoms with Crippen molar-refractivity contribution in [2.24, 2.45) is 5.92 Å². The maximum absolute atomic E-state index is 13.8. The topological polar surface area (TPSA) is 128 Å². The van der Waals surface area contributed by atoms with Gasteiger partial charge in [-0.1, -0.05) is 25.2 Å². The number of methoxy groups -OCH3 is 1. The van der Waals surface area contributed by atoms with Crippen LogP contribution in [-0.2, 0) is 35.0 Å². The second-order valence-corrected chi connectivity index (χ2v) is 12.9. The summed E-state index contributed by atoms with van der Waals surface area (Å²) in [5, 5.41) is 0. The number of hydrogen-bond donors (Lipinski definition) is 0. The number of cyclic esters (lactones) is 1.